The first-order chi connectivity index (χ1) is 11.5. The quantitative estimate of drug-likeness (QED) is 0.605. The Morgan fingerprint density at radius 2 is 2.04 bits per heavy atom. The third-order valence-corrected chi connectivity index (χ3v) is 6.20. The SMILES string of the molecule is Cc1cc(-n2c(Br)nnc2SC(C)C(=O)O)sc1-c1ccccc1. The summed E-state index contributed by atoms with van der Waals surface area (Å²) in [6.45, 7) is 3.70. The van der Waals surface area contributed by atoms with Gasteiger partial charge in [-0.25, -0.2) is 0 Å². The van der Waals surface area contributed by atoms with Gasteiger partial charge in [0.2, 0.25) is 4.73 Å². The Labute approximate surface area is 155 Å². The smallest absolute Gasteiger partial charge is 0.316 e. The number of halogens is 1. The summed E-state index contributed by atoms with van der Waals surface area (Å²) in [6.07, 6.45) is 0. The molecule has 0 saturated carbocycles. The van der Waals surface area contributed by atoms with Crippen molar-refractivity contribution in [1.29, 1.82) is 0 Å². The van der Waals surface area contributed by atoms with Crippen molar-refractivity contribution in [3.63, 3.8) is 0 Å². The van der Waals surface area contributed by atoms with E-state index in [4.69, 9.17) is 5.11 Å². The molecule has 0 aliphatic carbocycles. The Bertz CT molecular complexity index is 877. The highest BCUT2D eigenvalue weighted by atomic mass is 79.9. The van der Waals surface area contributed by atoms with Gasteiger partial charge in [-0.3, -0.25) is 9.36 Å². The minimum absolute atomic E-state index is 0.553. The average Bonchev–Trinajstić information content (AvgIpc) is 3.11. The lowest BCUT2D eigenvalue weighted by Crippen LogP contribution is -2.12. The third-order valence-electron chi connectivity index (χ3n) is 3.38. The molecular weight excluding hydrogens is 410 g/mol. The Hall–Kier alpha value is -1.64. The second kappa shape index (κ2) is 7.08. The van der Waals surface area contributed by atoms with Crippen molar-refractivity contribution < 1.29 is 9.90 Å². The molecule has 1 N–H and O–H groups in total. The summed E-state index contributed by atoms with van der Waals surface area (Å²) >= 11 is 6.20. The topological polar surface area (TPSA) is 68.0 Å². The van der Waals surface area contributed by atoms with Crippen LogP contribution in [0.15, 0.2) is 46.3 Å². The van der Waals surface area contributed by atoms with E-state index in [9.17, 15) is 4.79 Å². The number of aliphatic carboxylic acids is 1. The molecule has 0 radical (unpaired) electrons. The normalized spacial score (nSPS) is 12.3. The molecule has 1 aromatic carbocycles. The zero-order chi connectivity index (χ0) is 17.3. The summed E-state index contributed by atoms with van der Waals surface area (Å²) in [4.78, 5) is 12.3. The number of aromatic nitrogens is 3. The molecule has 0 aliphatic heterocycles. The van der Waals surface area contributed by atoms with E-state index in [1.54, 1.807) is 18.3 Å². The number of thiophene rings is 1. The number of carboxylic acid groups (broad SMARTS) is 1. The van der Waals surface area contributed by atoms with Crippen LogP contribution < -0.4 is 0 Å². The van der Waals surface area contributed by atoms with E-state index in [2.05, 4.69) is 51.3 Å². The van der Waals surface area contributed by atoms with Gasteiger partial charge in [0.25, 0.3) is 0 Å². The van der Waals surface area contributed by atoms with Crippen LogP contribution in [-0.2, 0) is 4.79 Å². The van der Waals surface area contributed by atoms with E-state index in [1.165, 1.54) is 16.6 Å². The molecule has 0 saturated heterocycles. The summed E-state index contributed by atoms with van der Waals surface area (Å²) in [7, 11) is 0. The van der Waals surface area contributed by atoms with Gasteiger partial charge in [0.1, 0.15) is 10.3 Å². The van der Waals surface area contributed by atoms with Gasteiger partial charge in [-0.15, -0.1) is 21.5 Å². The van der Waals surface area contributed by atoms with Crippen LogP contribution in [0.1, 0.15) is 12.5 Å². The number of rotatable bonds is 5. The van der Waals surface area contributed by atoms with Crippen LogP contribution in [0.3, 0.4) is 0 Å². The molecule has 0 aliphatic rings. The van der Waals surface area contributed by atoms with Gasteiger partial charge < -0.3 is 5.11 Å². The Balaban J connectivity index is 2.02. The van der Waals surface area contributed by atoms with Gasteiger partial charge in [0, 0.05) is 4.88 Å². The lowest BCUT2D eigenvalue weighted by atomic mass is 10.1. The number of hydrogen-bond donors (Lipinski definition) is 1. The second-order valence-corrected chi connectivity index (χ2v) is 8.20. The summed E-state index contributed by atoms with van der Waals surface area (Å²) in [5.74, 6) is -0.877. The van der Waals surface area contributed by atoms with Crippen molar-refractivity contribution in [2.24, 2.45) is 0 Å². The number of carbonyl (C=O) groups is 1. The molecule has 8 heteroatoms. The summed E-state index contributed by atoms with van der Waals surface area (Å²) in [6, 6.07) is 12.2. The Kier molecular flexibility index (Phi) is 5.07. The summed E-state index contributed by atoms with van der Waals surface area (Å²) in [5, 5.41) is 18.2. The zero-order valence-electron chi connectivity index (χ0n) is 12.9. The average molecular weight is 424 g/mol. The van der Waals surface area contributed by atoms with Crippen molar-refractivity contribution in [3.8, 4) is 15.4 Å². The number of thioether (sulfide) groups is 1. The van der Waals surface area contributed by atoms with E-state index in [0.29, 0.717) is 9.89 Å². The molecule has 0 fully saturated rings. The monoisotopic (exact) mass is 423 g/mol. The molecule has 124 valence electrons. The van der Waals surface area contributed by atoms with E-state index in [0.717, 1.165) is 16.1 Å². The van der Waals surface area contributed by atoms with Crippen molar-refractivity contribution in [1.82, 2.24) is 14.8 Å². The maximum absolute atomic E-state index is 11.1. The lowest BCUT2D eigenvalue weighted by Gasteiger charge is -2.07. The minimum atomic E-state index is -0.877. The van der Waals surface area contributed by atoms with Gasteiger partial charge in [-0.05, 0) is 47.0 Å². The highest BCUT2D eigenvalue weighted by molar-refractivity contribution is 9.10. The molecule has 1 atom stereocenters. The van der Waals surface area contributed by atoms with Gasteiger partial charge in [0.05, 0.1) is 0 Å². The van der Waals surface area contributed by atoms with Crippen molar-refractivity contribution >= 4 is 45.0 Å². The highest BCUT2D eigenvalue weighted by Gasteiger charge is 2.21. The molecule has 0 amide bonds. The van der Waals surface area contributed by atoms with Crippen LogP contribution in [0.2, 0.25) is 0 Å². The predicted octanol–water partition coefficient (Wildman–Crippen LogP) is 4.63. The van der Waals surface area contributed by atoms with E-state index < -0.39 is 11.2 Å². The molecule has 3 aromatic rings. The Morgan fingerprint density at radius 3 is 2.71 bits per heavy atom. The fraction of sp³-hybridized carbons (Fsp3) is 0.188. The maximum Gasteiger partial charge on any atom is 0.316 e. The molecule has 2 heterocycles. The van der Waals surface area contributed by atoms with Crippen LogP contribution in [0, 0.1) is 6.92 Å². The van der Waals surface area contributed by atoms with Crippen LogP contribution >= 0.6 is 39.0 Å². The van der Waals surface area contributed by atoms with Gasteiger partial charge >= 0.3 is 5.97 Å². The number of hydrogen-bond acceptors (Lipinski definition) is 5. The lowest BCUT2D eigenvalue weighted by molar-refractivity contribution is -0.136. The number of aryl methyl sites for hydroxylation is 1. The molecule has 3 rings (SSSR count). The van der Waals surface area contributed by atoms with Crippen LogP contribution in [0.5, 0.6) is 0 Å². The predicted molar refractivity (Wildman–Crippen MR) is 100 cm³/mol. The largest absolute Gasteiger partial charge is 0.480 e. The van der Waals surface area contributed by atoms with Crippen LogP contribution in [0.25, 0.3) is 15.4 Å². The van der Waals surface area contributed by atoms with Gasteiger partial charge in [-0.1, -0.05) is 42.1 Å². The maximum atomic E-state index is 11.1. The van der Waals surface area contributed by atoms with Crippen molar-refractivity contribution in [3.05, 3.63) is 46.7 Å². The third kappa shape index (κ3) is 3.40. The van der Waals surface area contributed by atoms with Gasteiger partial charge in [-0.2, -0.15) is 0 Å². The summed E-state index contributed by atoms with van der Waals surface area (Å²) in [5.41, 5.74) is 2.31. The van der Waals surface area contributed by atoms with Crippen LogP contribution in [0.4, 0.5) is 0 Å². The first kappa shape index (κ1) is 17.2. The second-order valence-electron chi connectivity index (χ2n) is 5.15. The van der Waals surface area contributed by atoms with Crippen molar-refractivity contribution in [2.75, 3.05) is 0 Å². The molecule has 0 spiro atoms. The number of benzene rings is 1. The zero-order valence-corrected chi connectivity index (χ0v) is 16.2. The van der Waals surface area contributed by atoms with E-state index in [1.807, 2.05) is 22.8 Å². The molecule has 2 aromatic heterocycles. The van der Waals surface area contributed by atoms with Crippen LogP contribution in [-0.4, -0.2) is 31.1 Å². The molecule has 5 nitrogen and oxygen atoms in total. The number of nitrogens with zero attached hydrogens (tertiary/aromatic N) is 3. The molecule has 24 heavy (non-hydrogen) atoms. The first-order valence-electron chi connectivity index (χ1n) is 7.14. The van der Waals surface area contributed by atoms with E-state index in [-0.39, 0.29) is 0 Å². The standard InChI is InChI=1S/C16H14BrN3O2S2/c1-9-8-12(24-13(9)11-6-4-3-5-7-11)20-15(17)18-19-16(20)23-10(2)14(21)22/h3-8,10H,1-2H3,(H,21,22). The molecule has 0 bridgehead atoms. The van der Waals surface area contributed by atoms with Gasteiger partial charge in [0.15, 0.2) is 5.16 Å². The Morgan fingerprint density at radius 1 is 1.33 bits per heavy atom. The summed E-state index contributed by atoms with van der Waals surface area (Å²) < 4.78 is 2.40. The highest BCUT2D eigenvalue weighted by Crippen LogP contribution is 2.37. The fourth-order valence-electron chi connectivity index (χ4n) is 2.17. The fourth-order valence-corrected chi connectivity index (χ4v) is 4.88. The van der Waals surface area contributed by atoms with Crippen molar-refractivity contribution in [2.45, 2.75) is 24.3 Å². The molecular formula is C16H14BrN3O2S2. The minimum Gasteiger partial charge on any atom is -0.480 e. The number of carboxylic acids is 1. The first-order valence-corrected chi connectivity index (χ1v) is 9.63. The molecule has 1 unspecified atom stereocenters. The van der Waals surface area contributed by atoms with E-state index >= 15 is 0 Å².